The Labute approximate surface area is 142 Å². The van der Waals surface area contributed by atoms with Gasteiger partial charge >= 0.3 is 0 Å². The molecule has 3 heteroatoms. The summed E-state index contributed by atoms with van der Waals surface area (Å²) in [5.41, 5.74) is 2.94. The second kappa shape index (κ2) is 7.33. The number of ether oxygens (including phenoxy) is 1. The molecule has 2 aromatic carbocycles. The van der Waals surface area contributed by atoms with Crippen molar-refractivity contribution >= 4 is 0 Å². The maximum absolute atomic E-state index is 13.8. The molecular weight excluding hydrogens is 306 g/mol. The fourth-order valence-corrected chi connectivity index (χ4v) is 3.44. The summed E-state index contributed by atoms with van der Waals surface area (Å²) in [5, 5.41) is 0. The largest absolute Gasteiger partial charge is 0.485 e. The number of rotatable bonds is 4. The zero-order valence-electron chi connectivity index (χ0n) is 14.3. The zero-order valence-corrected chi connectivity index (χ0v) is 14.3. The minimum absolute atomic E-state index is 0.000319. The monoisotopic (exact) mass is 330 g/mol. The molecule has 1 saturated carbocycles. The van der Waals surface area contributed by atoms with Crippen LogP contribution in [0.1, 0.15) is 55.2 Å². The van der Waals surface area contributed by atoms with Crippen LogP contribution in [0.15, 0.2) is 36.4 Å². The van der Waals surface area contributed by atoms with Crippen LogP contribution in [0.3, 0.4) is 0 Å². The number of hydrogen-bond acceptors (Lipinski definition) is 1. The highest BCUT2D eigenvalue weighted by Gasteiger charge is 2.19. The van der Waals surface area contributed by atoms with Crippen LogP contribution >= 0.6 is 0 Å². The highest BCUT2D eigenvalue weighted by molar-refractivity contribution is 5.35. The third-order valence-corrected chi connectivity index (χ3v) is 5.10. The molecule has 1 aliphatic rings. The van der Waals surface area contributed by atoms with Crippen molar-refractivity contribution in [2.75, 3.05) is 0 Å². The van der Waals surface area contributed by atoms with Crippen LogP contribution in [0.4, 0.5) is 8.78 Å². The van der Waals surface area contributed by atoms with E-state index in [0.717, 1.165) is 17.5 Å². The van der Waals surface area contributed by atoms with Gasteiger partial charge in [-0.15, -0.1) is 0 Å². The molecule has 2 aromatic rings. The Bertz CT molecular complexity index is 686. The van der Waals surface area contributed by atoms with Crippen LogP contribution in [-0.2, 0) is 6.61 Å². The first-order valence-corrected chi connectivity index (χ1v) is 8.71. The maximum atomic E-state index is 13.8. The van der Waals surface area contributed by atoms with Gasteiger partial charge in [-0.1, -0.05) is 50.1 Å². The van der Waals surface area contributed by atoms with Gasteiger partial charge in [0.05, 0.1) is 0 Å². The maximum Gasteiger partial charge on any atom is 0.200 e. The van der Waals surface area contributed by atoms with E-state index < -0.39 is 11.6 Å². The number of hydrogen-bond donors (Lipinski definition) is 0. The van der Waals surface area contributed by atoms with Crippen molar-refractivity contribution in [3.05, 3.63) is 64.7 Å². The Morgan fingerprint density at radius 3 is 2.29 bits per heavy atom. The molecule has 128 valence electrons. The molecule has 1 aliphatic carbocycles. The predicted molar refractivity (Wildman–Crippen MR) is 92.2 cm³/mol. The van der Waals surface area contributed by atoms with E-state index >= 15 is 0 Å². The highest BCUT2D eigenvalue weighted by Crippen LogP contribution is 2.35. The molecule has 0 unspecified atom stereocenters. The fourth-order valence-electron chi connectivity index (χ4n) is 3.44. The Kier molecular flexibility index (Phi) is 5.17. The summed E-state index contributed by atoms with van der Waals surface area (Å²) >= 11 is 0. The fraction of sp³-hybridized carbons (Fsp3) is 0.429. The summed E-state index contributed by atoms with van der Waals surface area (Å²) in [6, 6.07) is 11.0. The Hall–Kier alpha value is -1.90. The molecule has 1 fully saturated rings. The van der Waals surface area contributed by atoms with Crippen LogP contribution in [0.25, 0.3) is 0 Å². The number of aryl methyl sites for hydroxylation is 1. The molecule has 0 heterocycles. The van der Waals surface area contributed by atoms with Gasteiger partial charge in [0.15, 0.2) is 11.6 Å². The summed E-state index contributed by atoms with van der Waals surface area (Å²) in [6.45, 7) is 4.28. The lowest BCUT2D eigenvalue weighted by Crippen LogP contribution is -2.10. The molecule has 1 nitrogen and oxygen atoms in total. The first-order valence-electron chi connectivity index (χ1n) is 8.71. The second-order valence-corrected chi connectivity index (χ2v) is 6.99. The lowest BCUT2D eigenvalue weighted by Gasteiger charge is -2.26. The second-order valence-electron chi connectivity index (χ2n) is 6.99. The van der Waals surface area contributed by atoms with E-state index in [1.807, 2.05) is 12.1 Å². The molecule has 3 rings (SSSR count). The number of benzene rings is 2. The van der Waals surface area contributed by atoms with E-state index in [0.29, 0.717) is 11.5 Å². The summed E-state index contributed by atoms with van der Waals surface area (Å²) in [7, 11) is 0. The summed E-state index contributed by atoms with van der Waals surface area (Å²) in [5.74, 6) is -0.293. The van der Waals surface area contributed by atoms with Crippen LogP contribution in [0.2, 0.25) is 0 Å². The average Bonchev–Trinajstić information content (AvgIpc) is 2.60. The Morgan fingerprint density at radius 2 is 1.62 bits per heavy atom. The molecule has 24 heavy (non-hydrogen) atoms. The first-order chi connectivity index (χ1) is 11.5. The first kappa shape index (κ1) is 16.9. The van der Waals surface area contributed by atoms with Gasteiger partial charge in [0, 0.05) is 0 Å². The van der Waals surface area contributed by atoms with E-state index in [1.165, 1.54) is 37.3 Å². The zero-order chi connectivity index (χ0) is 17.1. The minimum Gasteiger partial charge on any atom is -0.485 e. The van der Waals surface area contributed by atoms with Gasteiger partial charge in [0.25, 0.3) is 0 Å². The smallest absolute Gasteiger partial charge is 0.200 e. The molecule has 0 aliphatic heterocycles. The SMILES string of the molecule is Cc1ccc(F)c(F)c1OCc1ccc(C2CCC(C)CC2)cc1. The van der Waals surface area contributed by atoms with Crippen molar-refractivity contribution in [3.8, 4) is 5.75 Å². The van der Waals surface area contributed by atoms with Gasteiger partial charge in [-0.3, -0.25) is 0 Å². The quantitative estimate of drug-likeness (QED) is 0.653. The van der Waals surface area contributed by atoms with E-state index in [2.05, 4.69) is 19.1 Å². The molecular formula is C21H24F2O. The van der Waals surface area contributed by atoms with Crippen molar-refractivity contribution in [2.45, 2.75) is 52.1 Å². The van der Waals surface area contributed by atoms with E-state index in [1.54, 1.807) is 6.92 Å². The van der Waals surface area contributed by atoms with Gasteiger partial charge in [-0.25, -0.2) is 4.39 Å². The van der Waals surface area contributed by atoms with Gasteiger partial charge in [0.2, 0.25) is 5.82 Å². The molecule has 0 aromatic heterocycles. The average molecular weight is 330 g/mol. The highest BCUT2D eigenvalue weighted by atomic mass is 19.2. The third kappa shape index (κ3) is 3.77. The van der Waals surface area contributed by atoms with Crippen molar-refractivity contribution < 1.29 is 13.5 Å². The lowest BCUT2D eigenvalue weighted by molar-refractivity contribution is 0.282. The third-order valence-electron chi connectivity index (χ3n) is 5.10. The van der Waals surface area contributed by atoms with Crippen LogP contribution in [0, 0.1) is 24.5 Å². The van der Waals surface area contributed by atoms with Crippen molar-refractivity contribution in [3.63, 3.8) is 0 Å². The molecule has 0 atom stereocenters. The van der Waals surface area contributed by atoms with Crippen LogP contribution < -0.4 is 4.74 Å². The van der Waals surface area contributed by atoms with Crippen molar-refractivity contribution in [1.29, 1.82) is 0 Å². The Balaban J connectivity index is 1.64. The predicted octanol–water partition coefficient (Wildman–Crippen LogP) is 6.15. The minimum atomic E-state index is -0.914. The standard InChI is InChI=1S/C21H24F2O/c1-14-3-8-17(9-4-14)18-10-6-16(7-11-18)13-24-21-15(2)5-12-19(22)20(21)23/h5-7,10-12,14,17H,3-4,8-9,13H2,1-2H3. The van der Waals surface area contributed by atoms with E-state index in [4.69, 9.17) is 4.74 Å². The Morgan fingerprint density at radius 1 is 0.958 bits per heavy atom. The summed E-state index contributed by atoms with van der Waals surface area (Å²) in [4.78, 5) is 0. The lowest BCUT2D eigenvalue weighted by atomic mass is 9.79. The van der Waals surface area contributed by atoms with Gasteiger partial charge in [-0.05, 0) is 54.4 Å². The molecule has 0 amide bonds. The van der Waals surface area contributed by atoms with Gasteiger partial charge < -0.3 is 4.74 Å². The number of halogens is 2. The topological polar surface area (TPSA) is 9.23 Å². The summed E-state index contributed by atoms with van der Waals surface area (Å²) in [6.07, 6.45) is 5.11. The van der Waals surface area contributed by atoms with E-state index in [-0.39, 0.29) is 12.4 Å². The van der Waals surface area contributed by atoms with Gasteiger partial charge in [-0.2, -0.15) is 4.39 Å². The normalized spacial score (nSPS) is 20.8. The van der Waals surface area contributed by atoms with Gasteiger partial charge in [0.1, 0.15) is 6.61 Å². The van der Waals surface area contributed by atoms with Crippen molar-refractivity contribution in [1.82, 2.24) is 0 Å². The van der Waals surface area contributed by atoms with E-state index in [9.17, 15) is 8.78 Å². The molecule has 0 radical (unpaired) electrons. The molecule has 0 spiro atoms. The van der Waals surface area contributed by atoms with Crippen molar-refractivity contribution in [2.24, 2.45) is 5.92 Å². The molecule has 0 bridgehead atoms. The van der Waals surface area contributed by atoms with Crippen LogP contribution in [-0.4, -0.2) is 0 Å². The molecule has 0 saturated heterocycles. The van der Waals surface area contributed by atoms with Crippen LogP contribution in [0.5, 0.6) is 5.75 Å². The molecule has 0 N–H and O–H groups in total. The summed E-state index contributed by atoms with van der Waals surface area (Å²) < 4.78 is 32.6.